The van der Waals surface area contributed by atoms with Gasteiger partial charge in [-0.25, -0.2) is 4.68 Å². The Balaban J connectivity index is 1.36. The number of aromatic amines is 1. The number of rotatable bonds is 7. The number of aromatic nitrogens is 5. The van der Waals surface area contributed by atoms with Crippen LogP contribution in [-0.4, -0.2) is 60.6 Å². The van der Waals surface area contributed by atoms with Crippen LogP contribution in [0.1, 0.15) is 38.6 Å². The van der Waals surface area contributed by atoms with Gasteiger partial charge in [0.2, 0.25) is 5.16 Å². The molecular weight excluding hydrogens is 384 g/mol. The van der Waals surface area contributed by atoms with E-state index in [4.69, 9.17) is 0 Å². The molecule has 140 valence electrons. The monoisotopic (exact) mass is 402 g/mol. The van der Waals surface area contributed by atoms with Crippen LogP contribution in [0, 0.1) is 0 Å². The van der Waals surface area contributed by atoms with Gasteiger partial charge in [-0.2, -0.15) is 0 Å². The molecule has 3 aromatic heterocycles. The Hall–Kier alpha value is -2.46. The largest absolute Gasteiger partial charge is 0.356 e. The van der Waals surface area contributed by atoms with Gasteiger partial charge in [0, 0.05) is 29.7 Å². The van der Waals surface area contributed by atoms with E-state index in [0.29, 0.717) is 23.0 Å². The van der Waals surface area contributed by atoms with Crippen molar-refractivity contribution in [2.24, 2.45) is 0 Å². The standard InChI is InChI=1S/C17H18N6O2S2/c24-15(12-8-14(18-9-12)16(25)22-5-1-2-6-22)11-27-17-19-20-21-23(17)10-13-4-3-7-26-13/h3-4,7-9,18H,1-2,5-6,10-11H2. The number of amides is 1. The number of H-pyrrole nitrogens is 1. The first kappa shape index (κ1) is 17.9. The molecular formula is C17H18N6O2S2. The van der Waals surface area contributed by atoms with Crippen LogP contribution in [0.5, 0.6) is 0 Å². The molecule has 1 aliphatic rings. The van der Waals surface area contributed by atoms with Gasteiger partial charge in [0.15, 0.2) is 5.78 Å². The predicted molar refractivity (Wildman–Crippen MR) is 102 cm³/mol. The van der Waals surface area contributed by atoms with Crippen molar-refractivity contribution in [1.82, 2.24) is 30.1 Å². The smallest absolute Gasteiger partial charge is 0.270 e. The van der Waals surface area contributed by atoms with Crippen molar-refractivity contribution in [3.8, 4) is 0 Å². The number of carbonyl (C=O) groups excluding carboxylic acids is 2. The third-order valence-corrected chi connectivity index (χ3v) is 6.16. The Morgan fingerprint density at radius 2 is 2.15 bits per heavy atom. The zero-order chi connectivity index (χ0) is 18.6. The van der Waals surface area contributed by atoms with E-state index < -0.39 is 0 Å². The fourth-order valence-electron chi connectivity index (χ4n) is 2.93. The lowest BCUT2D eigenvalue weighted by molar-refractivity contribution is 0.0787. The van der Waals surface area contributed by atoms with Crippen LogP contribution in [0.4, 0.5) is 0 Å². The molecule has 0 radical (unpaired) electrons. The molecule has 10 heteroatoms. The SMILES string of the molecule is O=C(CSc1nnnn1Cc1cccs1)c1c[nH]c(C(=O)N2CCCC2)c1. The topological polar surface area (TPSA) is 96.8 Å². The molecule has 1 fully saturated rings. The molecule has 1 saturated heterocycles. The zero-order valence-electron chi connectivity index (χ0n) is 14.5. The van der Waals surface area contributed by atoms with Gasteiger partial charge in [0.05, 0.1) is 12.3 Å². The quantitative estimate of drug-likeness (QED) is 0.481. The minimum absolute atomic E-state index is 0.0425. The number of tetrazole rings is 1. The predicted octanol–water partition coefficient (Wildman–Crippen LogP) is 2.32. The molecule has 8 nitrogen and oxygen atoms in total. The lowest BCUT2D eigenvalue weighted by atomic mass is 10.2. The first-order valence-electron chi connectivity index (χ1n) is 8.63. The number of nitrogens with one attached hydrogen (secondary N) is 1. The minimum Gasteiger partial charge on any atom is -0.356 e. The number of thiophene rings is 1. The third kappa shape index (κ3) is 4.11. The molecule has 0 unspecified atom stereocenters. The first-order valence-corrected chi connectivity index (χ1v) is 10.5. The average Bonchev–Trinajstić information content (AvgIpc) is 3.48. The third-order valence-electron chi connectivity index (χ3n) is 4.35. The van der Waals surface area contributed by atoms with Gasteiger partial charge in [-0.3, -0.25) is 9.59 Å². The van der Waals surface area contributed by atoms with Crippen molar-refractivity contribution in [2.75, 3.05) is 18.8 Å². The number of Topliss-reactive ketones (excluding diaryl/α,β-unsaturated/α-hetero) is 1. The summed E-state index contributed by atoms with van der Waals surface area (Å²) in [4.78, 5) is 30.7. The number of hydrogen-bond acceptors (Lipinski definition) is 7. The van der Waals surface area contributed by atoms with E-state index in [1.165, 1.54) is 11.8 Å². The van der Waals surface area contributed by atoms with E-state index in [0.717, 1.165) is 30.8 Å². The second-order valence-corrected chi connectivity index (χ2v) is 8.19. The number of thioether (sulfide) groups is 1. The fourth-order valence-corrected chi connectivity index (χ4v) is 4.39. The fraction of sp³-hybridized carbons (Fsp3) is 0.353. The normalized spacial score (nSPS) is 14.0. The molecule has 4 rings (SSSR count). The molecule has 0 bridgehead atoms. The van der Waals surface area contributed by atoms with Gasteiger partial charge in [0.1, 0.15) is 5.69 Å². The van der Waals surface area contributed by atoms with Crippen molar-refractivity contribution in [3.05, 3.63) is 45.9 Å². The molecule has 0 aliphatic carbocycles. The molecule has 1 amide bonds. The number of nitrogens with zero attached hydrogens (tertiary/aromatic N) is 5. The summed E-state index contributed by atoms with van der Waals surface area (Å²) in [7, 11) is 0. The molecule has 0 aromatic carbocycles. The second kappa shape index (κ2) is 8.05. The van der Waals surface area contributed by atoms with E-state index >= 15 is 0 Å². The Labute approximate surface area is 163 Å². The Kier molecular flexibility index (Phi) is 5.35. The maximum absolute atomic E-state index is 12.5. The average molecular weight is 403 g/mol. The molecule has 3 aromatic rings. The molecule has 0 spiro atoms. The highest BCUT2D eigenvalue weighted by molar-refractivity contribution is 7.99. The molecule has 27 heavy (non-hydrogen) atoms. The summed E-state index contributed by atoms with van der Waals surface area (Å²) < 4.78 is 1.68. The van der Waals surface area contributed by atoms with Crippen molar-refractivity contribution in [1.29, 1.82) is 0 Å². The van der Waals surface area contributed by atoms with Crippen LogP contribution in [-0.2, 0) is 6.54 Å². The van der Waals surface area contributed by atoms with E-state index in [-0.39, 0.29) is 17.4 Å². The van der Waals surface area contributed by atoms with Crippen LogP contribution in [0.2, 0.25) is 0 Å². The Morgan fingerprint density at radius 1 is 1.30 bits per heavy atom. The number of likely N-dealkylation sites (tertiary alicyclic amines) is 1. The van der Waals surface area contributed by atoms with Crippen molar-refractivity contribution >= 4 is 34.8 Å². The summed E-state index contributed by atoms with van der Waals surface area (Å²) in [5, 5.41) is 14.3. The maximum Gasteiger partial charge on any atom is 0.270 e. The molecule has 4 heterocycles. The number of hydrogen-bond donors (Lipinski definition) is 1. The molecule has 0 saturated carbocycles. The Bertz CT molecular complexity index is 927. The van der Waals surface area contributed by atoms with Gasteiger partial charge in [-0.05, 0) is 40.8 Å². The molecule has 0 atom stereocenters. The maximum atomic E-state index is 12.5. The van der Waals surface area contributed by atoms with Crippen LogP contribution < -0.4 is 0 Å². The molecule has 1 N–H and O–H groups in total. The van der Waals surface area contributed by atoms with E-state index in [1.807, 2.05) is 22.4 Å². The Morgan fingerprint density at radius 3 is 2.93 bits per heavy atom. The van der Waals surface area contributed by atoms with Crippen LogP contribution in [0.3, 0.4) is 0 Å². The van der Waals surface area contributed by atoms with E-state index in [9.17, 15) is 9.59 Å². The summed E-state index contributed by atoms with van der Waals surface area (Å²) >= 11 is 2.93. The van der Waals surface area contributed by atoms with E-state index in [1.54, 1.807) is 28.3 Å². The van der Waals surface area contributed by atoms with Crippen molar-refractivity contribution < 1.29 is 9.59 Å². The number of ketones is 1. The van der Waals surface area contributed by atoms with Gasteiger partial charge in [-0.1, -0.05) is 17.8 Å². The zero-order valence-corrected chi connectivity index (χ0v) is 16.1. The van der Waals surface area contributed by atoms with Crippen LogP contribution in [0.15, 0.2) is 34.9 Å². The number of carbonyl (C=O) groups is 2. The van der Waals surface area contributed by atoms with E-state index in [2.05, 4.69) is 20.5 Å². The van der Waals surface area contributed by atoms with Crippen LogP contribution in [0.25, 0.3) is 0 Å². The van der Waals surface area contributed by atoms with Gasteiger partial charge in [-0.15, -0.1) is 16.4 Å². The van der Waals surface area contributed by atoms with Crippen molar-refractivity contribution in [3.63, 3.8) is 0 Å². The van der Waals surface area contributed by atoms with Gasteiger partial charge in [0.25, 0.3) is 5.91 Å². The van der Waals surface area contributed by atoms with Gasteiger partial charge >= 0.3 is 0 Å². The van der Waals surface area contributed by atoms with Crippen molar-refractivity contribution in [2.45, 2.75) is 24.5 Å². The lowest BCUT2D eigenvalue weighted by Crippen LogP contribution is -2.27. The minimum atomic E-state index is -0.0672. The summed E-state index contributed by atoms with van der Waals surface area (Å²) in [6, 6.07) is 5.64. The highest BCUT2D eigenvalue weighted by Crippen LogP contribution is 2.19. The second-order valence-electron chi connectivity index (χ2n) is 6.21. The van der Waals surface area contributed by atoms with Gasteiger partial charge < -0.3 is 9.88 Å². The molecule has 1 aliphatic heterocycles. The summed E-state index contributed by atoms with van der Waals surface area (Å²) in [6.45, 7) is 2.15. The summed E-state index contributed by atoms with van der Waals surface area (Å²) in [5.41, 5.74) is 0.968. The summed E-state index contributed by atoms with van der Waals surface area (Å²) in [6.07, 6.45) is 3.67. The highest BCUT2D eigenvalue weighted by Gasteiger charge is 2.22. The van der Waals surface area contributed by atoms with Crippen LogP contribution >= 0.6 is 23.1 Å². The first-order chi connectivity index (χ1) is 13.2. The lowest BCUT2D eigenvalue weighted by Gasteiger charge is -2.13. The summed E-state index contributed by atoms with van der Waals surface area (Å²) in [5.74, 6) is 0.0986. The highest BCUT2D eigenvalue weighted by atomic mass is 32.2.